The number of likely N-dealkylation sites (tertiary alicyclic amines) is 1. The fraction of sp³-hybridized carbons (Fsp3) is 0.250. The molecule has 1 saturated heterocycles. The van der Waals surface area contributed by atoms with Crippen LogP contribution in [0.4, 0.5) is 0 Å². The number of benzene rings is 2. The Hall–Kier alpha value is -3.04. The van der Waals surface area contributed by atoms with Gasteiger partial charge in [-0.15, -0.1) is 0 Å². The topological polar surface area (TPSA) is 69.1 Å². The molecule has 2 aromatic carbocycles. The smallest absolute Gasteiger partial charge is 0.253 e. The largest absolute Gasteiger partial charge is 0.323 e. The molecule has 2 aromatic rings. The summed E-state index contributed by atoms with van der Waals surface area (Å²) in [5.74, 6) is 0.00398. The maximum atomic E-state index is 12.7. The first kappa shape index (κ1) is 16.8. The molecule has 25 heavy (non-hydrogen) atoms. The lowest BCUT2D eigenvalue weighted by molar-refractivity contribution is -0.138. The van der Waals surface area contributed by atoms with Gasteiger partial charge in [-0.2, -0.15) is 0 Å². The minimum absolute atomic E-state index is 0.00398. The SMILES string of the molecule is CC[C@H](/C=C1/C(=O)N(Cc2ccccc2)[C@H]1c1ccccc1)N=[N+]=[N-]. The highest BCUT2D eigenvalue weighted by molar-refractivity contribution is 6.02. The van der Waals surface area contributed by atoms with E-state index < -0.39 is 0 Å². The Bertz CT molecular complexity index is 810. The van der Waals surface area contributed by atoms with E-state index >= 15 is 0 Å². The minimum atomic E-state index is -0.297. The van der Waals surface area contributed by atoms with E-state index in [2.05, 4.69) is 10.0 Å². The number of β-lactam (4-membered cyclic amide) rings is 1. The third-order valence-corrected chi connectivity index (χ3v) is 4.42. The van der Waals surface area contributed by atoms with E-state index in [-0.39, 0.29) is 18.0 Å². The van der Waals surface area contributed by atoms with Crippen LogP contribution >= 0.6 is 0 Å². The molecule has 0 unspecified atom stereocenters. The van der Waals surface area contributed by atoms with Crippen molar-refractivity contribution in [2.45, 2.75) is 32.0 Å². The van der Waals surface area contributed by atoms with Gasteiger partial charge in [0.1, 0.15) is 0 Å². The lowest BCUT2D eigenvalue weighted by Gasteiger charge is -2.43. The molecule has 2 atom stereocenters. The number of carbonyl (C=O) groups excluding carboxylic acids is 1. The van der Waals surface area contributed by atoms with Crippen LogP contribution in [-0.2, 0) is 11.3 Å². The molecule has 0 radical (unpaired) electrons. The van der Waals surface area contributed by atoms with E-state index in [0.29, 0.717) is 18.5 Å². The van der Waals surface area contributed by atoms with Crippen LogP contribution in [0.1, 0.15) is 30.5 Å². The van der Waals surface area contributed by atoms with Gasteiger partial charge < -0.3 is 4.90 Å². The van der Waals surface area contributed by atoms with Crippen molar-refractivity contribution in [1.82, 2.24) is 4.90 Å². The van der Waals surface area contributed by atoms with E-state index in [0.717, 1.165) is 11.1 Å². The predicted molar refractivity (Wildman–Crippen MR) is 97.5 cm³/mol. The van der Waals surface area contributed by atoms with Crippen LogP contribution in [0.2, 0.25) is 0 Å². The molecule has 1 aliphatic rings. The van der Waals surface area contributed by atoms with Gasteiger partial charge >= 0.3 is 0 Å². The highest BCUT2D eigenvalue weighted by Gasteiger charge is 2.42. The molecule has 3 rings (SSSR count). The van der Waals surface area contributed by atoms with Crippen molar-refractivity contribution in [3.63, 3.8) is 0 Å². The van der Waals surface area contributed by atoms with Crippen molar-refractivity contribution >= 4 is 5.91 Å². The Labute approximate surface area is 147 Å². The summed E-state index contributed by atoms with van der Waals surface area (Å²) in [6.07, 6.45) is 2.49. The maximum absolute atomic E-state index is 12.7. The molecule has 1 aliphatic heterocycles. The average molecular weight is 332 g/mol. The van der Waals surface area contributed by atoms with E-state index in [4.69, 9.17) is 5.53 Å². The monoisotopic (exact) mass is 332 g/mol. The van der Waals surface area contributed by atoms with Crippen LogP contribution in [0, 0.1) is 0 Å². The van der Waals surface area contributed by atoms with Crippen LogP contribution in [-0.4, -0.2) is 16.8 Å². The first-order valence-electron chi connectivity index (χ1n) is 8.40. The molecular formula is C20H20N4O. The number of nitrogens with zero attached hydrogens (tertiary/aromatic N) is 4. The first-order valence-corrected chi connectivity index (χ1v) is 8.40. The average Bonchev–Trinajstić information content (AvgIpc) is 2.67. The van der Waals surface area contributed by atoms with Crippen molar-refractivity contribution in [2.24, 2.45) is 5.11 Å². The highest BCUT2D eigenvalue weighted by atomic mass is 16.2. The zero-order valence-corrected chi connectivity index (χ0v) is 14.1. The molecule has 1 amide bonds. The summed E-state index contributed by atoms with van der Waals surface area (Å²) in [4.78, 5) is 17.5. The number of azide groups is 1. The Morgan fingerprint density at radius 2 is 1.80 bits per heavy atom. The van der Waals surface area contributed by atoms with Gasteiger partial charge in [-0.1, -0.05) is 78.8 Å². The molecule has 5 nitrogen and oxygen atoms in total. The van der Waals surface area contributed by atoms with Crippen LogP contribution in [0.25, 0.3) is 10.4 Å². The summed E-state index contributed by atoms with van der Waals surface area (Å²) < 4.78 is 0. The number of hydrogen-bond donors (Lipinski definition) is 0. The molecule has 0 saturated carbocycles. The number of hydrogen-bond acceptors (Lipinski definition) is 2. The summed E-state index contributed by atoms with van der Waals surface area (Å²) >= 11 is 0. The highest BCUT2D eigenvalue weighted by Crippen LogP contribution is 2.41. The van der Waals surface area contributed by atoms with E-state index in [1.807, 2.05) is 78.6 Å². The third kappa shape index (κ3) is 3.57. The van der Waals surface area contributed by atoms with E-state index in [1.54, 1.807) is 0 Å². The molecule has 0 aliphatic carbocycles. The molecule has 0 N–H and O–H groups in total. The lowest BCUT2D eigenvalue weighted by atomic mass is 9.86. The fourth-order valence-corrected chi connectivity index (χ4v) is 3.11. The van der Waals surface area contributed by atoms with Crippen molar-refractivity contribution < 1.29 is 4.79 Å². The van der Waals surface area contributed by atoms with E-state index in [9.17, 15) is 4.79 Å². The van der Waals surface area contributed by atoms with Crippen molar-refractivity contribution in [2.75, 3.05) is 0 Å². The van der Waals surface area contributed by atoms with Gasteiger partial charge in [0.25, 0.3) is 5.91 Å². The second-order valence-electron chi connectivity index (χ2n) is 6.03. The summed E-state index contributed by atoms with van der Waals surface area (Å²) in [5, 5.41) is 3.77. The van der Waals surface area contributed by atoms with Crippen LogP contribution in [0.3, 0.4) is 0 Å². The zero-order chi connectivity index (χ0) is 17.6. The van der Waals surface area contributed by atoms with Crippen LogP contribution in [0.15, 0.2) is 77.4 Å². The number of carbonyl (C=O) groups is 1. The molecule has 0 bridgehead atoms. The van der Waals surface area contributed by atoms with Gasteiger partial charge in [0.05, 0.1) is 12.1 Å². The second-order valence-corrected chi connectivity index (χ2v) is 6.03. The fourth-order valence-electron chi connectivity index (χ4n) is 3.11. The van der Waals surface area contributed by atoms with Gasteiger partial charge in [0.2, 0.25) is 0 Å². The molecule has 5 heteroatoms. The second kappa shape index (κ2) is 7.69. The summed E-state index contributed by atoms with van der Waals surface area (Å²) in [6, 6.07) is 19.5. The van der Waals surface area contributed by atoms with Gasteiger partial charge in [0.15, 0.2) is 0 Å². The maximum Gasteiger partial charge on any atom is 0.253 e. The summed E-state index contributed by atoms with van der Waals surface area (Å²) in [6.45, 7) is 2.51. The molecule has 1 heterocycles. The van der Waals surface area contributed by atoms with Gasteiger partial charge in [-0.05, 0) is 23.1 Å². The normalized spacial score (nSPS) is 19.2. The van der Waals surface area contributed by atoms with Crippen molar-refractivity contribution in [3.8, 4) is 0 Å². The van der Waals surface area contributed by atoms with Gasteiger partial charge in [0, 0.05) is 17.0 Å². The Kier molecular flexibility index (Phi) is 5.17. The Balaban J connectivity index is 1.92. The predicted octanol–water partition coefficient (Wildman–Crippen LogP) is 4.79. The lowest BCUT2D eigenvalue weighted by Crippen LogP contribution is -2.48. The van der Waals surface area contributed by atoms with Crippen molar-refractivity contribution in [1.29, 1.82) is 0 Å². The quantitative estimate of drug-likeness (QED) is 0.247. The minimum Gasteiger partial charge on any atom is -0.323 e. The van der Waals surface area contributed by atoms with Crippen LogP contribution < -0.4 is 0 Å². The molecular weight excluding hydrogens is 312 g/mol. The first-order chi connectivity index (χ1) is 12.2. The molecule has 1 fully saturated rings. The number of amides is 1. The van der Waals surface area contributed by atoms with Crippen LogP contribution in [0.5, 0.6) is 0 Å². The summed E-state index contributed by atoms with van der Waals surface area (Å²) in [7, 11) is 0. The molecule has 0 aromatic heterocycles. The molecule has 126 valence electrons. The molecule has 0 spiro atoms. The Morgan fingerprint density at radius 3 is 2.40 bits per heavy atom. The van der Waals surface area contributed by atoms with E-state index in [1.165, 1.54) is 0 Å². The third-order valence-electron chi connectivity index (χ3n) is 4.42. The zero-order valence-electron chi connectivity index (χ0n) is 14.1. The van der Waals surface area contributed by atoms with Gasteiger partial charge in [-0.3, -0.25) is 4.79 Å². The van der Waals surface area contributed by atoms with Gasteiger partial charge in [-0.25, -0.2) is 0 Å². The Morgan fingerprint density at radius 1 is 1.16 bits per heavy atom. The summed E-state index contributed by atoms with van der Waals surface area (Å²) in [5.41, 5.74) is 11.6. The number of rotatable bonds is 6. The van der Waals surface area contributed by atoms with Crippen molar-refractivity contribution in [3.05, 3.63) is 93.9 Å². The standard InChI is InChI=1S/C20H20N4O/c1-2-17(22-23-21)13-18-19(16-11-7-4-8-12-16)24(20(18)25)14-15-9-5-3-6-10-15/h3-13,17,19H,2,14H2,1H3/b18-13+/t17-,19+/m1/s1.